The molecule has 20 heavy (non-hydrogen) atoms. The first-order valence-electron chi connectivity index (χ1n) is 8.37. The molecule has 0 aliphatic heterocycles. The molecule has 1 aliphatic rings. The molecule has 1 rings (SSSR count). The highest BCUT2D eigenvalue weighted by atomic mass is 16.5. The molecule has 1 saturated carbocycles. The SMILES string of the molecule is CCC(C)CCC1CCCC1OC(=O)CCCN(C)C. The number of esters is 1. The Labute approximate surface area is 125 Å². The second kappa shape index (κ2) is 9.38. The first-order valence-corrected chi connectivity index (χ1v) is 8.37. The van der Waals surface area contributed by atoms with E-state index in [1.54, 1.807) is 0 Å². The summed E-state index contributed by atoms with van der Waals surface area (Å²) < 4.78 is 5.71. The van der Waals surface area contributed by atoms with E-state index >= 15 is 0 Å². The van der Waals surface area contributed by atoms with Crippen LogP contribution in [0.25, 0.3) is 0 Å². The zero-order valence-electron chi connectivity index (χ0n) is 13.9. The Balaban J connectivity index is 2.25. The third-order valence-electron chi connectivity index (χ3n) is 4.59. The maximum Gasteiger partial charge on any atom is 0.306 e. The molecular weight excluding hydrogens is 250 g/mol. The zero-order chi connectivity index (χ0) is 15.0. The van der Waals surface area contributed by atoms with Gasteiger partial charge in [0.2, 0.25) is 0 Å². The molecule has 0 radical (unpaired) electrons. The third kappa shape index (κ3) is 6.74. The van der Waals surface area contributed by atoms with Crippen LogP contribution in [0.5, 0.6) is 0 Å². The lowest BCUT2D eigenvalue weighted by atomic mass is 9.93. The summed E-state index contributed by atoms with van der Waals surface area (Å²) in [7, 11) is 4.07. The Kier molecular flexibility index (Phi) is 8.20. The highest BCUT2D eigenvalue weighted by Gasteiger charge is 2.30. The molecule has 0 aromatic carbocycles. The van der Waals surface area contributed by atoms with Crippen LogP contribution in [0, 0.1) is 11.8 Å². The summed E-state index contributed by atoms with van der Waals surface area (Å²) in [4.78, 5) is 14.0. The lowest BCUT2D eigenvalue weighted by Crippen LogP contribution is -2.23. The molecule has 118 valence electrons. The van der Waals surface area contributed by atoms with Gasteiger partial charge in [-0.15, -0.1) is 0 Å². The predicted molar refractivity (Wildman–Crippen MR) is 83.7 cm³/mol. The van der Waals surface area contributed by atoms with Crippen molar-refractivity contribution in [2.45, 2.75) is 71.3 Å². The second-order valence-electron chi connectivity index (χ2n) is 6.72. The Hall–Kier alpha value is -0.570. The minimum atomic E-state index is 0.00675. The molecule has 1 aliphatic carbocycles. The molecule has 3 atom stereocenters. The van der Waals surface area contributed by atoms with Gasteiger partial charge in [-0.2, -0.15) is 0 Å². The van der Waals surface area contributed by atoms with Crippen LogP contribution in [0.15, 0.2) is 0 Å². The van der Waals surface area contributed by atoms with E-state index in [9.17, 15) is 4.79 Å². The topological polar surface area (TPSA) is 29.5 Å². The molecule has 3 nitrogen and oxygen atoms in total. The molecular formula is C17H33NO2. The molecule has 0 N–H and O–H groups in total. The second-order valence-corrected chi connectivity index (χ2v) is 6.72. The van der Waals surface area contributed by atoms with Crippen molar-refractivity contribution in [3.8, 4) is 0 Å². The van der Waals surface area contributed by atoms with E-state index in [1.165, 1.54) is 32.1 Å². The average molecular weight is 283 g/mol. The number of carbonyl (C=O) groups is 1. The van der Waals surface area contributed by atoms with Crippen molar-refractivity contribution in [1.29, 1.82) is 0 Å². The van der Waals surface area contributed by atoms with Crippen molar-refractivity contribution in [2.24, 2.45) is 11.8 Å². The zero-order valence-corrected chi connectivity index (χ0v) is 13.9. The fraction of sp³-hybridized carbons (Fsp3) is 0.941. The van der Waals surface area contributed by atoms with Gasteiger partial charge >= 0.3 is 5.97 Å². The summed E-state index contributed by atoms with van der Waals surface area (Å²) in [6.07, 6.45) is 8.95. The fourth-order valence-electron chi connectivity index (χ4n) is 2.96. The lowest BCUT2D eigenvalue weighted by molar-refractivity contribution is -0.151. The van der Waals surface area contributed by atoms with Gasteiger partial charge in [0, 0.05) is 6.42 Å². The highest BCUT2D eigenvalue weighted by molar-refractivity contribution is 5.69. The van der Waals surface area contributed by atoms with E-state index in [0.29, 0.717) is 12.3 Å². The average Bonchev–Trinajstić information content (AvgIpc) is 2.82. The number of nitrogens with zero attached hydrogens (tertiary/aromatic N) is 1. The minimum Gasteiger partial charge on any atom is -0.462 e. The van der Waals surface area contributed by atoms with E-state index < -0.39 is 0 Å². The predicted octanol–water partition coefficient (Wildman–Crippen LogP) is 3.87. The third-order valence-corrected chi connectivity index (χ3v) is 4.59. The Morgan fingerprint density at radius 1 is 1.35 bits per heavy atom. The molecule has 0 saturated heterocycles. The first kappa shape index (κ1) is 17.5. The van der Waals surface area contributed by atoms with Gasteiger partial charge in [0.05, 0.1) is 0 Å². The van der Waals surface area contributed by atoms with Gasteiger partial charge < -0.3 is 9.64 Å². The normalized spacial score (nSPS) is 24.1. The lowest BCUT2D eigenvalue weighted by Gasteiger charge is -2.21. The van der Waals surface area contributed by atoms with Gasteiger partial charge in [-0.25, -0.2) is 0 Å². The number of ether oxygens (including phenoxy) is 1. The number of hydrogen-bond acceptors (Lipinski definition) is 3. The summed E-state index contributed by atoms with van der Waals surface area (Å²) in [6.45, 7) is 5.52. The quantitative estimate of drug-likeness (QED) is 0.602. The molecule has 0 amide bonds. The Morgan fingerprint density at radius 2 is 2.10 bits per heavy atom. The molecule has 3 heteroatoms. The van der Waals surface area contributed by atoms with Crippen molar-refractivity contribution in [3.05, 3.63) is 0 Å². The summed E-state index contributed by atoms with van der Waals surface area (Å²) >= 11 is 0. The van der Waals surface area contributed by atoms with Gasteiger partial charge in [-0.05, 0) is 64.6 Å². The van der Waals surface area contributed by atoms with Crippen LogP contribution in [-0.2, 0) is 9.53 Å². The standard InChI is InChI=1S/C17H33NO2/c1-5-14(2)11-12-15-8-6-9-16(15)20-17(19)10-7-13-18(3)4/h14-16H,5-13H2,1-4H3. The van der Waals surface area contributed by atoms with Gasteiger partial charge in [-0.3, -0.25) is 4.79 Å². The largest absolute Gasteiger partial charge is 0.462 e. The van der Waals surface area contributed by atoms with Gasteiger partial charge in [0.15, 0.2) is 0 Å². The molecule has 0 bridgehead atoms. The maximum atomic E-state index is 11.9. The van der Waals surface area contributed by atoms with E-state index in [4.69, 9.17) is 4.74 Å². The van der Waals surface area contributed by atoms with E-state index in [2.05, 4.69) is 18.7 Å². The summed E-state index contributed by atoms with van der Waals surface area (Å²) in [5.74, 6) is 1.42. The van der Waals surface area contributed by atoms with Crippen LogP contribution in [0.2, 0.25) is 0 Å². The van der Waals surface area contributed by atoms with Crippen molar-refractivity contribution in [1.82, 2.24) is 4.90 Å². The van der Waals surface area contributed by atoms with Crippen molar-refractivity contribution < 1.29 is 9.53 Å². The fourth-order valence-corrected chi connectivity index (χ4v) is 2.96. The van der Waals surface area contributed by atoms with Crippen molar-refractivity contribution in [2.75, 3.05) is 20.6 Å². The number of rotatable bonds is 9. The number of carbonyl (C=O) groups excluding carboxylic acids is 1. The molecule has 0 aromatic rings. The highest BCUT2D eigenvalue weighted by Crippen LogP contribution is 2.33. The molecule has 0 aromatic heterocycles. The van der Waals surface area contributed by atoms with Gasteiger partial charge in [0.1, 0.15) is 6.10 Å². The van der Waals surface area contributed by atoms with Gasteiger partial charge in [0.25, 0.3) is 0 Å². The van der Waals surface area contributed by atoms with Crippen LogP contribution >= 0.6 is 0 Å². The smallest absolute Gasteiger partial charge is 0.306 e. The van der Waals surface area contributed by atoms with Crippen LogP contribution in [0.1, 0.15) is 65.2 Å². The maximum absolute atomic E-state index is 11.9. The van der Waals surface area contributed by atoms with E-state index in [-0.39, 0.29) is 12.1 Å². The van der Waals surface area contributed by atoms with Crippen LogP contribution in [-0.4, -0.2) is 37.6 Å². The molecule has 3 unspecified atom stereocenters. The Bertz CT molecular complexity index is 278. The van der Waals surface area contributed by atoms with Crippen molar-refractivity contribution in [3.63, 3.8) is 0 Å². The summed E-state index contributed by atoms with van der Waals surface area (Å²) in [6, 6.07) is 0. The minimum absolute atomic E-state index is 0.00675. The van der Waals surface area contributed by atoms with Crippen molar-refractivity contribution >= 4 is 5.97 Å². The van der Waals surface area contributed by atoms with Gasteiger partial charge in [-0.1, -0.05) is 26.7 Å². The summed E-state index contributed by atoms with van der Waals surface area (Å²) in [5, 5.41) is 0. The van der Waals surface area contributed by atoms with Crippen LogP contribution < -0.4 is 0 Å². The first-order chi connectivity index (χ1) is 9.52. The van der Waals surface area contributed by atoms with E-state index in [0.717, 1.165) is 25.3 Å². The molecule has 0 spiro atoms. The van der Waals surface area contributed by atoms with Crippen LogP contribution in [0.3, 0.4) is 0 Å². The van der Waals surface area contributed by atoms with E-state index in [1.807, 2.05) is 14.1 Å². The number of hydrogen-bond donors (Lipinski definition) is 0. The molecule has 1 fully saturated rings. The molecule has 0 heterocycles. The van der Waals surface area contributed by atoms with Crippen LogP contribution in [0.4, 0.5) is 0 Å². The summed E-state index contributed by atoms with van der Waals surface area (Å²) in [5.41, 5.74) is 0. The monoisotopic (exact) mass is 283 g/mol. The Morgan fingerprint density at radius 3 is 2.75 bits per heavy atom.